The number of ether oxygens (including phenoxy) is 2. The second-order valence-electron chi connectivity index (χ2n) is 5.63. The predicted molar refractivity (Wildman–Crippen MR) is 88.5 cm³/mol. The van der Waals surface area contributed by atoms with E-state index in [1.165, 1.54) is 0 Å². The van der Waals surface area contributed by atoms with Gasteiger partial charge in [0.05, 0.1) is 6.04 Å². The highest BCUT2D eigenvalue weighted by Crippen LogP contribution is 2.32. The van der Waals surface area contributed by atoms with E-state index in [9.17, 15) is 4.79 Å². The first-order valence-electron chi connectivity index (χ1n) is 7.99. The molecule has 23 heavy (non-hydrogen) atoms. The number of rotatable bonds is 6. The van der Waals surface area contributed by atoms with Crippen molar-refractivity contribution < 1.29 is 14.3 Å². The largest absolute Gasteiger partial charge is 0.454 e. The summed E-state index contributed by atoms with van der Waals surface area (Å²) in [6.07, 6.45) is 2.02. The lowest BCUT2D eigenvalue weighted by Crippen LogP contribution is -2.28. The fraction of sp³-hybridized carbons (Fsp3) is 0.316. The number of aryl methyl sites for hydroxylation is 1. The van der Waals surface area contributed by atoms with E-state index in [1.54, 1.807) is 0 Å². The summed E-state index contributed by atoms with van der Waals surface area (Å²) >= 11 is 0. The topological polar surface area (TPSA) is 47.6 Å². The summed E-state index contributed by atoms with van der Waals surface area (Å²) in [5, 5.41) is 3.11. The van der Waals surface area contributed by atoms with Crippen molar-refractivity contribution in [3.63, 3.8) is 0 Å². The first-order valence-corrected chi connectivity index (χ1v) is 7.99. The zero-order valence-electron chi connectivity index (χ0n) is 13.2. The number of carbonyl (C=O) groups is 1. The minimum atomic E-state index is 0.0679. The van der Waals surface area contributed by atoms with Crippen molar-refractivity contribution in [3.05, 3.63) is 59.7 Å². The molecule has 2 aromatic rings. The number of carbonyl (C=O) groups excluding carboxylic acids is 1. The molecule has 0 saturated carbocycles. The van der Waals surface area contributed by atoms with Crippen molar-refractivity contribution in [2.24, 2.45) is 0 Å². The van der Waals surface area contributed by atoms with Crippen molar-refractivity contribution in [2.75, 3.05) is 6.79 Å². The van der Waals surface area contributed by atoms with Crippen molar-refractivity contribution >= 4 is 5.91 Å². The molecule has 1 aliphatic heterocycles. The maximum atomic E-state index is 12.2. The molecular weight excluding hydrogens is 290 g/mol. The lowest BCUT2D eigenvalue weighted by molar-refractivity contribution is -0.121. The van der Waals surface area contributed by atoms with Crippen LogP contribution >= 0.6 is 0 Å². The highest BCUT2D eigenvalue weighted by molar-refractivity contribution is 5.76. The standard InChI is InChI=1S/C19H21NO3/c1-2-16(15-6-4-3-5-7-15)20-19(21)11-9-14-8-10-17-18(12-14)23-13-22-17/h3-8,10,12,16H,2,9,11,13H2,1H3,(H,20,21). The van der Waals surface area contributed by atoms with Gasteiger partial charge in [-0.25, -0.2) is 0 Å². The molecule has 0 bridgehead atoms. The highest BCUT2D eigenvalue weighted by atomic mass is 16.7. The van der Waals surface area contributed by atoms with Gasteiger partial charge >= 0.3 is 0 Å². The highest BCUT2D eigenvalue weighted by Gasteiger charge is 2.15. The molecule has 120 valence electrons. The lowest BCUT2D eigenvalue weighted by atomic mass is 10.0. The van der Waals surface area contributed by atoms with Gasteiger partial charge in [-0.2, -0.15) is 0 Å². The third-order valence-electron chi connectivity index (χ3n) is 4.02. The van der Waals surface area contributed by atoms with E-state index < -0.39 is 0 Å². The van der Waals surface area contributed by atoms with Crippen molar-refractivity contribution in [2.45, 2.75) is 32.2 Å². The zero-order valence-corrected chi connectivity index (χ0v) is 13.2. The van der Waals surface area contributed by atoms with Gasteiger partial charge in [0, 0.05) is 6.42 Å². The smallest absolute Gasteiger partial charge is 0.231 e. The molecule has 1 aliphatic rings. The second kappa shape index (κ2) is 7.18. The molecule has 0 spiro atoms. The normalized spacial score (nSPS) is 13.6. The van der Waals surface area contributed by atoms with Gasteiger partial charge < -0.3 is 14.8 Å². The van der Waals surface area contributed by atoms with Crippen molar-refractivity contribution in [1.82, 2.24) is 5.32 Å². The second-order valence-corrected chi connectivity index (χ2v) is 5.63. The van der Waals surface area contributed by atoms with Crippen LogP contribution in [0.15, 0.2) is 48.5 Å². The van der Waals surface area contributed by atoms with Crippen LogP contribution in [0.4, 0.5) is 0 Å². The van der Waals surface area contributed by atoms with E-state index in [-0.39, 0.29) is 18.7 Å². The average molecular weight is 311 g/mol. The Morgan fingerprint density at radius 1 is 1.13 bits per heavy atom. The van der Waals surface area contributed by atoms with Crippen molar-refractivity contribution in [3.8, 4) is 11.5 Å². The predicted octanol–water partition coefficient (Wildman–Crippen LogP) is 3.62. The Morgan fingerprint density at radius 3 is 2.70 bits per heavy atom. The van der Waals surface area contributed by atoms with Crippen LogP contribution in [0.2, 0.25) is 0 Å². The first-order chi connectivity index (χ1) is 11.3. The Bertz CT molecular complexity index is 670. The molecule has 2 aromatic carbocycles. The van der Waals surface area contributed by atoms with Gasteiger partial charge in [0.25, 0.3) is 0 Å². The molecule has 1 atom stereocenters. The van der Waals surface area contributed by atoms with Crippen LogP contribution < -0.4 is 14.8 Å². The molecule has 4 nitrogen and oxygen atoms in total. The zero-order chi connectivity index (χ0) is 16.1. The fourth-order valence-electron chi connectivity index (χ4n) is 2.73. The number of amides is 1. The molecule has 1 N–H and O–H groups in total. The van der Waals surface area contributed by atoms with Crippen LogP contribution in [-0.2, 0) is 11.2 Å². The van der Waals surface area contributed by atoms with E-state index in [4.69, 9.17) is 9.47 Å². The summed E-state index contributed by atoms with van der Waals surface area (Å²) in [5.41, 5.74) is 2.23. The average Bonchev–Trinajstić information content (AvgIpc) is 3.06. The van der Waals surface area contributed by atoms with Gasteiger partial charge in [-0.1, -0.05) is 43.3 Å². The van der Waals surface area contributed by atoms with Gasteiger partial charge in [-0.15, -0.1) is 0 Å². The molecule has 4 heteroatoms. The minimum Gasteiger partial charge on any atom is -0.454 e. The van der Waals surface area contributed by atoms with E-state index in [1.807, 2.05) is 48.5 Å². The minimum absolute atomic E-state index is 0.0679. The number of benzene rings is 2. The van der Waals surface area contributed by atoms with Gasteiger partial charge in [-0.05, 0) is 36.1 Å². The molecule has 1 heterocycles. The fourth-order valence-corrected chi connectivity index (χ4v) is 2.73. The Morgan fingerprint density at radius 2 is 1.91 bits per heavy atom. The Labute approximate surface area is 136 Å². The van der Waals surface area contributed by atoms with Gasteiger partial charge in [0.2, 0.25) is 12.7 Å². The third-order valence-corrected chi connectivity index (χ3v) is 4.02. The monoisotopic (exact) mass is 311 g/mol. The molecule has 0 radical (unpaired) electrons. The van der Waals surface area contributed by atoms with Crippen LogP contribution in [0.3, 0.4) is 0 Å². The van der Waals surface area contributed by atoms with E-state index in [0.29, 0.717) is 12.8 Å². The molecule has 3 rings (SSSR count). The number of fused-ring (bicyclic) bond motifs is 1. The van der Waals surface area contributed by atoms with Gasteiger partial charge in [0.15, 0.2) is 11.5 Å². The summed E-state index contributed by atoms with van der Waals surface area (Å²) < 4.78 is 10.7. The van der Waals surface area contributed by atoms with Crippen molar-refractivity contribution in [1.29, 1.82) is 0 Å². The first kappa shape index (κ1) is 15.4. The van der Waals surface area contributed by atoms with E-state index in [2.05, 4.69) is 12.2 Å². The summed E-state index contributed by atoms with van der Waals surface area (Å²) in [6.45, 7) is 2.35. The Kier molecular flexibility index (Phi) is 4.81. The summed E-state index contributed by atoms with van der Waals surface area (Å²) in [4.78, 5) is 12.2. The quantitative estimate of drug-likeness (QED) is 0.886. The van der Waals surface area contributed by atoms with E-state index >= 15 is 0 Å². The SMILES string of the molecule is CCC(NC(=O)CCc1ccc2c(c1)OCO2)c1ccccc1. The molecule has 0 aliphatic carbocycles. The molecule has 1 amide bonds. The maximum absolute atomic E-state index is 12.2. The van der Waals surface area contributed by atoms with Crippen LogP contribution in [0, 0.1) is 0 Å². The summed E-state index contributed by atoms with van der Waals surface area (Å²) in [6, 6.07) is 16.0. The van der Waals surface area contributed by atoms with Crippen LogP contribution in [0.1, 0.15) is 36.9 Å². The Balaban J connectivity index is 1.55. The molecular formula is C19H21NO3. The van der Waals surface area contributed by atoms with Crippen LogP contribution in [-0.4, -0.2) is 12.7 Å². The molecule has 0 fully saturated rings. The van der Waals surface area contributed by atoms with Crippen LogP contribution in [0.5, 0.6) is 11.5 Å². The van der Waals surface area contributed by atoms with Gasteiger partial charge in [-0.3, -0.25) is 4.79 Å². The number of nitrogens with one attached hydrogen (secondary N) is 1. The lowest BCUT2D eigenvalue weighted by Gasteiger charge is -2.17. The third kappa shape index (κ3) is 3.83. The summed E-state index contributed by atoms with van der Waals surface area (Å²) in [5.74, 6) is 1.60. The molecule has 0 saturated heterocycles. The molecule has 1 unspecified atom stereocenters. The number of hydrogen-bond acceptors (Lipinski definition) is 3. The maximum Gasteiger partial charge on any atom is 0.231 e. The van der Waals surface area contributed by atoms with Crippen LogP contribution in [0.25, 0.3) is 0 Å². The number of hydrogen-bond donors (Lipinski definition) is 1. The molecule has 0 aromatic heterocycles. The Hall–Kier alpha value is -2.49. The van der Waals surface area contributed by atoms with E-state index in [0.717, 1.165) is 29.0 Å². The van der Waals surface area contributed by atoms with Gasteiger partial charge in [0.1, 0.15) is 0 Å². The summed E-state index contributed by atoms with van der Waals surface area (Å²) in [7, 11) is 0.